The third-order valence-corrected chi connectivity index (χ3v) is 1.77. The van der Waals surface area contributed by atoms with Crippen LogP contribution >= 0.6 is 0 Å². The summed E-state index contributed by atoms with van der Waals surface area (Å²) in [6.07, 6.45) is 1.39. The van der Waals surface area contributed by atoms with Gasteiger partial charge in [0, 0.05) is 0 Å². The van der Waals surface area contributed by atoms with Crippen LogP contribution in [0.15, 0.2) is 18.3 Å². The minimum absolute atomic E-state index is 0.126. The molecule has 5 nitrogen and oxygen atoms in total. The van der Waals surface area contributed by atoms with E-state index in [9.17, 15) is 4.79 Å². The van der Waals surface area contributed by atoms with E-state index in [0.717, 1.165) is 0 Å². The van der Waals surface area contributed by atoms with Crippen molar-refractivity contribution in [1.82, 2.24) is 4.98 Å². The van der Waals surface area contributed by atoms with Crippen molar-refractivity contribution in [1.29, 1.82) is 0 Å². The van der Waals surface area contributed by atoms with Gasteiger partial charge in [0.2, 0.25) is 0 Å². The Morgan fingerprint density at radius 2 is 2.43 bits per heavy atom. The molecule has 5 heteroatoms. The molecular weight excluding hydrogens is 184 g/mol. The van der Waals surface area contributed by atoms with Gasteiger partial charge in [-0.2, -0.15) is 0 Å². The number of hydrogen-bond donors (Lipinski definition) is 2. The third kappa shape index (κ3) is 2.70. The Morgan fingerprint density at radius 1 is 1.71 bits per heavy atom. The number of hydrogen-bond acceptors (Lipinski definition) is 4. The van der Waals surface area contributed by atoms with Gasteiger partial charge in [0.05, 0.1) is 31.5 Å². The Balaban J connectivity index is 2.71. The van der Waals surface area contributed by atoms with Gasteiger partial charge in [-0.3, -0.25) is 9.78 Å². The van der Waals surface area contributed by atoms with E-state index in [1.54, 1.807) is 12.1 Å². The van der Waals surface area contributed by atoms with Gasteiger partial charge < -0.3 is 15.6 Å². The van der Waals surface area contributed by atoms with Gasteiger partial charge >= 0.3 is 5.97 Å². The number of aromatic nitrogens is 1. The lowest BCUT2D eigenvalue weighted by Gasteiger charge is -2.08. The summed E-state index contributed by atoms with van der Waals surface area (Å²) in [7, 11) is 1.54. The maximum Gasteiger partial charge on any atom is 0.305 e. The van der Waals surface area contributed by atoms with Crippen molar-refractivity contribution in [3.8, 4) is 5.75 Å². The Labute approximate surface area is 81.5 Å². The molecule has 0 aromatic carbocycles. The first kappa shape index (κ1) is 10.5. The summed E-state index contributed by atoms with van der Waals surface area (Å²) in [6.45, 7) is 0. The van der Waals surface area contributed by atoms with Crippen molar-refractivity contribution in [2.45, 2.75) is 12.5 Å². The first-order chi connectivity index (χ1) is 6.63. The predicted octanol–water partition coefficient (Wildman–Crippen LogP) is 0.565. The Kier molecular flexibility index (Phi) is 3.41. The SMILES string of the molecule is COc1ccc(C(N)CC(=O)O)nc1. The molecule has 0 saturated heterocycles. The number of carboxylic acids is 1. The molecule has 0 radical (unpaired) electrons. The molecule has 76 valence electrons. The standard InChI is InChI=1S/C9H12N2O3/c1-14-6-2-3-8(11-5-6)7(10)4-9(12)13/h2-3,5,7H,4,10H2,1H3,(H,12,13). The molecular formula is C9H12N2O3. The second-order valence-electron chi connectivity index (χ2n) is 2.83. The molecule has 0 saturated carbocycles. The van der Waals surface area contributed by atoms with Crippen LogP contribution in [0.4, 0.5) is 0 Å². The Bertz CT molecular complexity index is 310. The van der Waals surface area contributed by atoms with Crippen LogP contribution in [0.25, 0.3) is 0 Å². The van der Waals surface area contributed by atoms with Crippen LogP contribution in [0, 0.1) is 0 Å². The van der Waals surface area contributed by atoms with Crippen molar-refractivity contribution >= 4 is 5.97 Å². The van der Waals surface area contributed by atoms with E-state index in [2.05, 4.69) is 4.98 Å². The van der Waals surface area contributed by atoms with Gasteiger partial charge in [-0.05, 0) is 12.1 Å². The minimum Gasteiger partial charge on any atom is -0.495 e. The molecule has 1 aromatic rings. The minimum atomic E-state index is -0.935. The van der Waals surface area contributed by atoms with Crippen LogP contribution < -0.4 is 10.5 Å². The number of methoxy groups -OCH3 is 1. The first-order valence-corrected chi connectivity index (χ1v) is 4.11. The monoisotopic (exact) mass is 196 g/mol. The van der Waals surface area contributed by atoms with E-state index in [-0.39, 0.29) is 6.42 Å². The molecule has 0 aliphatic carbocycles. The average molecular weight is 196 g/mol. The Hall–Kier alpha value is -1.62. The highest BCUT2D eigenvalue weighted by Crippen LogP contribution is 2.14. The van der Waals surface area contributed by atoms with E-state index in [4.69, 9.17) is 15.6 Å². The van der Waals surface area contributed by atoms with Crippen LogP contribution in [0.5, 0.6) is 5.75 Å². The lowest BCUT2D eigenvalue weighted by Crippen LogP contribution is -2.16. The van der Waals surface area contributed by atoms with Crippen molar-refractivity contribution in [2.75, 3.05) is 7.11 Å². The zero-order valence-electron chi connectivity index (χ0n) is 7.80. The molecule has 1 rings (SSSR count). The van der Waals surface area contributed by atoms with Gasteiger partial charge in [-0.1, -0.05) is 0 Å². The van der Waals surface area contributed by atoms with Crippen LogP contribution in [0.1, 0.15) is 18.2 Å². The normalized spacial score (nSPS) is 12.1. The lowest BCUT2D eigenvalue weighted by molar-refractivity contribution is -0.137. The van der Waals surface area contributed by atoms with Crippen LogP contribution in [0.3, 0.4) is 0 Å². The van der Waals surface area contributed by atoms with Gasteiger partial charge in [0.15, 0.2) is 0 Å². The molecule has 0 aliphatic rings. The summed E-state index contributed by atoms with van der Waals surface area (Å²) in [6, 6.07) is 2.79. The fraction of sp³-hybridized carbons (Fsp3) is 0.333. The third-order valence-electron chi connectivity index (χ3n) is 1.77. The molecule has 0 aliphatic heterocycles. The topological polar surface area (TPSA) is 85.4 Å². The lowest BCUT2D eigenvalue weighted by atomic mass is 10.1. The summed E-state index contributed by atoms with van der Waals surface area (Å²) in [5.41, 5.74) is 6.15. The average Bonchev–Trinajstić information content (AvgIpc) is 2.17. The molecule has 0 bridgehead atoms. The highest BCUT2D eigenvalue weighted by atomic mass is 16.5. The van der Waals surface area contributed by atoms with E-state index in [0.29, 0.717) is 11.4 Å². The number of ether oxygens (including phenoxy) is 1. The number of carbonyl (C=O) groups is 1. The summed E-state index contributed by atoms with van der Waals surface area (Å²) < 4.78 is 4.91. The van der Waals surface area contributed by atoms with Crippen molar-refractivity contribution in [3.05, 3.63) is 24.0 Å². The summed E-state index contributed by atoms with van der Waals surface area (Å²) in [5, 5.41) is 8.51. The highest BCUT2D eigenvalue weighted by Gasteiger charge is 2.11. The number of rotatable bonds is 4. The zero-order valence-corrected chi connectivity index (χ0v) is 7.80. The van der Waals surface area contributed by atoms with Crippen molar-refractivity contribution < 1.29 is 14.6 Å². The maximum absolute atomic E-state index is 10.4. The first-order valence-electron chi connectivity index (χ1n) is 4.11. The summed E-state index contributed by atoms with van der Waals surface area (Å²) in [4.78, 5) is 14.4. The number of nitrogens with two attached hydrogens (primary N) is 1. The number of carboxylic acid groups (broad SMARTS) is 1. The number of nitrogens with zero attached hydrogens (tertiary/aromatic N) is 1. The largest absolute Gasteiger partial charge is 0.495 e. The van der Waals surface area contributed by atoms with Crippen LogP contribution in [0.2, 0.25) is 0 Å². The van der Waals surface area contributed by atoms with Gasteiger partial charge in [-0.15, -0.1) is 0 Å². The second kappa shape index (κ2) is 4.57. The maximum atomic E-state index is 10.4. The highest BCUT2D eigenvalue weighted by molar-refractivity contribution is 5.67. The van der Waals surface area contributed by atoms with E-state index in [1.807, 2.05) is 0 Å². The molecule has 0 spiro atoms. The van der Waals surface area contributed by atoms with E-state index >= 15 is 0 Å². The number of aliphatic carboxylic acids is 1. The molecule has 1 heterocycles. The molecule has 0 amide bonds. The number of pyridine rings is 1. The van der Waals surface area contributed by atoms with Crippen molar-refractivity contribution in [3.63, 3.8) is 0 Å². The fourth-order valence-electron chi connectivity index (χ4n) is 1.02. The van der Waals surface area contributed by atoms with Gasteiger partial charge in [-0.25, -0.2) is 0 Å². The zero-order chi connectivity index (χ0) is 10.6. The predicted molar refractivity (Wildman–Crippen MR) is 50.0 cm³/mol. The molecule has 1 unspecified atom stereocenters. The van der Waals surface area contributed by atoms with Gasteiger partial charge in [0.1, 0.15) is 5.75 Å². The Morgan fingerprint density at radius 3 is 2.86 bits per heavy atom. The van der Waals surface area contributed by atoms with Crippen LogP contribution in [-0.2, 0) is 4.79 Å². The van der Waals surface area contributed by atoms with Gasteiger partial charge in [0.25, 0.3) is 0 Å². The summed E-state index contributed by atoms with van der Waals surface area (Å²) >= 11 is 0. The van der Waals surface area contributed by atoms with E-state index in [1.165, 1.54) is 13.3 Å². The molecule has 3 N–H and O–H groups in total. The van der Waals surface area contributed by atoms with Crippen molar-refractivity contribution in [2.24, 2.45) is 5.73 Å². The molecule has 1 atom stereocenters. The smallest absolute Gasteiger partial charge is 0.305 e. The quantitative estimate of drug-likeness (QED) is 0.735. The second-order valence-corrected chi connectivity index (χ2v) is 2.83. The molecule has 0 fully saturated rings. The fourth-order valence-corrected chi connectivity index (χ4v) is 1.02. The molecule has 14 heavy (non-hydrogen) atoms. The van der Waals surface area contributed by atoms with E-state index < -0.39 is 12.0 Å². The molecule has 1 aromatic heterocycles. The summed E-state index contributed by atoms with van der Waals surface area (Å²) in [5.74, 6) is -0.314. The van der Waals surface area contributed by atoms with Crippen LogP contribution in [-0.4, -0.2) is 23.2 Å².